The van der Waals surface area contributed by atoms with E-state index >= 15 is 0 Å². The molecule has 1 heterocycles. The van der Waals surface area contributed by atoms with Gasteiger partial charge in [-0.1, -0.05) is 18.9 Å². The molecule has 17 heavy (non-hydrogen) atoms. The van der Waals surface area contributed by atoms with Crippen molar-refractivity contribution in [3.05, 3.63) is 30.1 Å². The predicted octanol–water partition coefficient (Wildman–Crippen LogP) is 1.46. The van der Waals surface area contributed by atoms with Crippen molar-refractivity contribution in [3.63, 3.8) is 0 Å². The van der Waals surface area contributed by atoms with Crippen LogP contribution >= 0.6 is 0 Å². The van der Waals surface area contributed by atoms with Crippen molar-refractivity contribution < 1.29 is 9.90 Å². The van der Waals surface area contributed by atoms with Gasteiger partial charge in [-0.3, -0.25) is 9.78 Å². The molecule has 1 aromatic heterocycles. The SMILES string of the molecule is O=C(c1ccccn1)N(CCO)C1CCCC1. The number of amides is 1. The number of aromatic nitrogens is 1. The van der Waals surface area contributed by atoms with Gasteiger partial charge in [0.05, 0.1) is 6.61 Å². The molecule has 1 fully saturated rings. The summed E-state index contributed by atoms with van der Waals surface area (Å²) >= 11 is 0. The molecule has 0 atom stereocenters. The highest BCUT2D eigenvalue weighted by atomic mass is 16.3. The van der Waals surface area contributed by atoms with Gasteiger partial charge in [-0.05, 0) is 25.0 Å². The van der Waals surface area contributed by atoms with E-state index in [4.69, 9.17) is 5.11 Å². The van der Waals surface area contributed by atoms with Gasteiger partial charge >= 0.3 is 0 Å². The summed E-state index contributed by atoms with van der Waals surface area (Å²) in [6.07, 6.45) is 6.04. The summed E-state index contributed by atoms with van der Waals surface area (Å²) < 4.78 is 0. The highest BCUT2D eigenvalue weighted by molar-refractivity contribution is 5.92. The molecule has 4 heteroatoms. The molecule has 0 spiro atoms. The van der Waals surface area contributed by atoms with E-state index in [1.165, 1.54) is 12.8 Å². The van der Waals surface area contributed by atoms with E-state index in [2.05, 4.69) is 4.98 Å². The molecule has 4 nitrogen and oxygen atoms in total. The van der Waals surface area contributed by atoms with Gasteiger partial charge in [0.15, 0.2) is 0 Å². The van der Waals surface area contributed by atoms with Gasteiger partial charge in [-0.2, -0.15) is 0 Å². The Morgan fingerprint density at radius 1 is 1.41 bits per heavy atom. The first-order valence-electron chi connectivity index (χ1n) is 6.16. The Morgan fingerprint density at radius 3 is 2.76 bits per heavy atom. The zero-order valence-corrected chi connectivity index (χ0v) is 9.88. The van der Waals surface area contributed by atoms with Crippen molar-refractivity contribution in [2.75, 3.05) is 13.2 Å². The largest absolute Gasteiger partial charge is 0.395 e. The molecule has 0 bridgehead atoms. The lowest BCUT2D eigenvalue weighted by atomic mass is 10.2. The van der Waals surface area contributed by atoms with Crippen LogP contribution in [0.2, 0.25) is 0 Å². The topological polar surface area (TPSA) is 53.4 Å². The zero-order chi connectivity index (χ0) is 12.1. The lowest BCUT2D eigenvalue weighted by molar-refractivity contribution is 0.0632. The van der Waals surface area contributed by atoms with E-state index in [0.29, 0.717) is 12.2 Å². The Hall–Kier alpha value is -1.42. The zero-order valence-electron chi connectivity index (χ0n) is 9.88. The monoisotopic (exact) mass is 234 g/mol. The maximum atomic E-state index is 12.3. The summed E-state index contributed by atoms with van der Waals surface area (Å²) in [4.78, 5) is 18.1. The fourth-order valence-corrected chi connectivity index (χ4v) is 2.41. The number of aliphatic hydroxyl groups is 1. The first kappa shape index (κ1) is 12.0. The number of hydrogen-bond acceptors (Lipinski definition) is 3. The van der Waals surface area contributed by atoms with Gasteiger partial charge in [0.2, 0.25) is 0 Å². The lowest BCUT2D eigenvalue weighted by Gasteiger charge is -2.27. The van der Waals surface area contributed by atoms with Gasteiger partial charge in [0.25, 0.3) is 5.91 Å². The quantitative estimate of drug-likeness (QED) is 0.858. The maximum Gasteiger partial charge on any atom is 0.272 e. The normalized spacial score (nSPS) is 16.1. The number of carbonyl (C=O) groups excluding carboxylic acids is 1. The van der Waals surface area contributed by atoms with E-state index in [-0.39, 0.29) is 18.6 Å². The third-order valence-electron chi connectivity index (χ3n) is 3.25. The Morgan fingerprint density at radius 2 is 2.18 bits per heavy atom. The minimum atomic E-state index is -0.0634. The van der Waals surface area contributed by atoms with Crippen LogP contribution in [0.1, 0.15) is 36.2 Å². The van der Waals surface area contributed by atoms with E-state index in [0.717, 1.165) is 12.8 Å². The number of hydrogen-bond donors (Lipinski definition) is 1. The van der Waals surface area contributed by atoms with Crippen LogP contribution in [-0.2, 0) is 0 Å². The molecular formula is C13H18N2O2. The number of nitrogens with zero attached hydrogens (tertiary/aromatic N) is 2. The third kappa shape index (κ3) is 2.82. The Kier molecular flexibility index (Phi) is 4.09. The van der Waals surface area contributed by atoms with Crippen molar-refractivity contribution >= 4 is 5.91 Å². The summed E-state index contributed by atoms with van der Waals surface area (Å²) in [5.74, 6) is -0.0634. The molecule has 1 aliphatic rings. The fourth-order valence-electron chi connectivity index (χ4n) is 2.41. The highest BCUT2D eigenvalue weighted by Crippen LogP contribution is 2.24. The first-order valence-corrected chi connectivity index (χ1v) is 6.16. The van der Waals surface area contributed by atoms with Gasteiger partial charge in [0.1, 0.15) is 5.69 Å². The van der Waals surface area contributed by atoms with Gasteiger partial charge in [-0.15, -0.1) is 0 Å². The maximum absolute atomic E-state index is 12.3. The van der Waals surface area contributed by atoms with Crippen LogP contribution in [0.5, 0.6) is 0 Å². The van der Waals surface area contributed by atoms with Crippen LogP contribution in [0, 0.1) is 0 Å². The van der Waals surface area contributed by atoms with Crippen molar-refractivity contribution in [2.24, 2.45) is 0 Å². The van der Waals surface area contributed by atoms with Crippen LogP contribution < -0.4 is 0 Å². The van der Waals surface area contributed by atoms with Crippen molar-refractivity contribution in [2.45, 2.75) is 31.7 Å². The molecule has 1 amide bonds. The van der Waals surface area contributed by atoms with Crippen LogP contribution in [-0.4, -0.2) is 40.1 Å². The molecule has 1 N–H and O–H groups in total. The Labute approximate surface area is 101 Å². The summed E-state index contributed by atoms with van der Waals surface area (Å²) in [6, 6.07) is 5.60. The molecule has 0 aliphatic heterocycles. The first-order chi connectivity index (χ1) is 8.33. The van der Waals surface area contributed by atoms with E-state index in [1.54, 1.807) is 23.2 Å². The van der Waals surface area contributed by atoms with Crippen LogP contribution in [0.4, 0.5) is 0 Å². The number of carbonyl (C=O) groups is 1. The standard InChI is InChI=1S/C13H18N2O2/c16-10-9-15(11-5-1-2-6-11)13(17)12-7-3-4-8-14-12/h3-4,7-8,11,16H,1-2,5-6,9-10H2. The van der Waals surface area contributed by atoms with E-state index < -0.39 is 0 Å². The van der Waals surface area contributed by atoms with Crippen molar-refractivity contribution in [1.82, 2.24) is 9.88 Å². The fraction of sp³-hybridized carbons (Fsp3) is 0.538. The van der Waals surface area contributed by atoms with Crippen LogP contribution in [0.15, 0.2) is 24.4 Å². The molecule has 0 aromatic carbocycles. The van der Waals surface area contributed by atoms with Gasteiger partial charge < -0.3 is 10.0 Å². The Bertz CT molecular complexity index is 361. The minimum absolute atomic E-state index is 0.00900. The molecule has 0 unspecified atom stereocenters. The minimum Gasteiger partial charge on any atom is -0.395 e. The molecule has 0 radical (unpaired) electrons. The predicted molar refractivity (Wildman–Crippen MR) is 64.6 cm³/mol. The second kappa shape index (κ2) is 5.77. The van der Waals surface area contributed by atoms with Gasteiger partial charge in [-0.25, -0.2) is 0 Å². The molecule has 1 saturated carbocycles. The smallest absolute Gasteiger partial charge is 0.272 e. The molecular weight excluding hydrogens is 216 g/mol. The molecule has 0 saturated heterocycles. The third-order valence-corrected chi connectivity index (χ3v) is 3.25. The van der Waals surface area contributed by atoms with E-state index in [1.807, 2.05) is 6.07 Å². The van der Waals surface area contributed by atoms with E-state index in [9.17, 15) is 4.79 Å². The average molecular weight is 234 g/mol. The second-order valence-electron chi connectivity index (χ2n) is 4.38. The summed E-state index contributed by atoms with van der Waals surface area (Å²) in [5.41, 5.74) is 0.466. The number of rotatable bonds is 4. The average Bonchev–Trinajstić information content (AvgIpc) is 2.90. The molecule has 92 valence electrons. The molecule has 2 rings (SSSR count). The van der Waals surface area contributed by atoms with Crippen molar-refractivity contribution in [3.8, 4) is 0 Å². The Balaban J connectivity index is 2.12. The molecule has 1 aromatic rings. The number of pyridine rings is 1. The number of aliphatic hydroxyl groups excluding tert-OH is 1. The van der Waals surface area contributed by atoms with Crippen LogP contribution in [0.25, 0.3) is 0 Å². The summed E-state index contributed by atoms with van der Waals surface area (Å²) in [7, 11) is 0. The summed E-state index contributed by atoms with van der Waals surface area (Å²) in [5, 5.41) is 9.08. The van der Waals surface area contributed by atoms with Gasteiger partial charge in [0, 0.05) is 18.8 Å². The molecule has 1 aliphatic carbocycles. The summed E-state index contributed by atoms with van der Waals surface area (Å²) in [6.45, 7) is 0.412. The second-order valence-corrected chi connectivity index (χ2v) is 4.38. The highest BCUT2D eigenvalue weighted by Gasteiger charge is 2.27. The van der Waals surface area contributed by atoms with Crippen LogP contribution in [0.3, 0.4) is 0 Å². The van der Waals surface area contributed by atoms with Crippen molar-refractivity contribution in [1.29, 1.82) is 0 Å². The lowest BCUT2D eigenvalue weighted by Crippen LogP contribution is -2.41.